The Morgan fingerprint density at radius 3 is 2.56 bits per heavy atom. The molecule has 0 heterocycles. The number of halogens is 1. The minimum atomic E-state index is -0.421. The van der Waals surface area contributed by atoms with Crippen LogP contribution in [-0.2, 0) is 0 Å². The maximum atomic E-state index is 9.66. The number of aliphatic hydroxyl groups excluding tert-OH is 1. The van der Waals surface area contributed by atoms with Gasteiger partial charge in [-0.25, -0.2) is 0 Å². The van der Waals surface area contributed by atoms with E-state index in [0.717, 1.165) is 16.6 Å². The van der Waals surface area contributed by atoms with Crippen LogP contribution in [0.15, 0.2) is 22.7 Å². The van der Waals surface area contributed by atoms with Crippen LogP contribution in [0.2, 0.25) is 0 Å². The molecular weight excluding hydrogens is 290 g/mol. The second-order valence-electron chi connectivity index (χ2n) is 5.11. The Hall–Kier alpha value is -0.540. The Bertz CT molecular complexity index is 399. The van der Waals surface area contributed by atoms with Crippen LogP contribution in [0, 0.1) is 0 Å². The largest absolute Gasteiger partial charge is 0.389 e. The Labute approximate surface area is 118 Å². The van der Waals surface area contributed by atoms with Crippen LogP contribution >= 0.6 is 15.9 Å². The van der Waals surface area contributed by atoms with E-state index in [1.54, 1.807) is 6.92 Å². The SMILES string of the molecule is CCN(c1ccc([C@H](C)O)c(Br)c1)C1CCCC1. The quantitative estimate of drug-likeness (QED) is 0.897. The normalized spacial score (nSPS) is 18.0. The van der Waals surface area contributed by atoms with Gasteiger partial charge in [-0.05, 0) is 44.4 Å². The van der Waals surface area contributed by atoms with Gasteiger partial charge in [0.25, 0.3) is 0 Å². The fourth-order valence-electron chi connectivity index (χ4n) is 2.90. The summed E-state index contributed by atoms with van der Waals surface area (Å²) >= 11 is 3.57. The minimum absolute atomic E-state index is 0.421. The molecule has 0 unspecified atom stereocenters. The van der Waals surface area contributed by atoms with E-state index in [4.69, 9.17) is 0 Å². The highest BCUT2D eigenvalue weighted by atomic mass is 79.9. The molecule has 0 spiro atoms. The van der Waals surface area contributed by atoms with Crippen molar-refractivity contribution in [3.05, 3.63) is 28.2 Å². The lowest BCUT2D eigenvalue weighted by molar-refractivity contribution is 0.198. The summed E-state index contributed by atoms with van der Waals surface area (Å²) in [5, 5.41) is 9.66. The summed E-state index contributed by atoms with van der Waals surface area (Å²) < 4.78 is 1.01. The van der Waals surface area contributed by atoms with E-state index < -0.39 is 6.10 Å². The first kappa shape index (κ1) is 13.9. The van der Waals surface area contributed by atoms with Crippen LogP contribution in [0.5, 0.6) is 0 Å². The first-order valence-corrected chi connectivity index (χ1v) is 7.67. The number of hydrogen-bond donors (Lipinski definition) is 1. The average molecular weight is 312 g/mol. The molecule has 0 amide bonds. The van der Waals surface area contributed by atoms with E-state index in [2.05, 4.69) is 39.9 Å². The topological polar surface area (TPSA) is 23.5 Å². The highest BCUT2D eigenvalue weighted by Crippen LogP contribution is 2.32. The van der Waals surface area contributed by atoms with Crippen molar-refractivity contribution < 1.29 is 5.11 Å². The van der Waals surface area contributed by atoms with Gasteiger partial charge in [-0.3, -0.25) is 0 Å². The minimum Gasteiger partial charge on any atom is -0.389 e. The molecule has 2 nitrogen and oxygen atoms in total. The molecule has 0 aliphatic heterocycles. The molecule has 2 rings (SSSR count). The summed E-state index contributed by atoms with van der Waals surface area (Å²) in [7, 11) is 0. The van der Waals surface area contributed by atoms with E-state index in [9.17, 15) is 5.11 Å². The van der Waals surface area contributed by atoms with Crippen LogP contribution < -0.4 is 4.90 Å². The van der Waals surface area contributed by atoms with E-state index in [-0.39, 0.29) is 0 Å². The molecule has 0 aromatic heterocycles. The van der Waals surface area contributed by atoms with Crippen molar-refractivity contribution in [3.63, 3.8) is 0 Å². The molecule has 3 heteroatoms. The first-order chi connectivity index (χ1) is 8.63. The molecule has 0 saturated heterocycles. The smallest absolute Gasteiger partial charge is 0.0772 e. The van der Waals surface area contributed by atoms with Crippen LogP contribution in [0.3, 0.4) is 0 Å². The molecule has 1 aromatic carbocycles. The number of aliphatic hydroxyl groups is 1. The van der Waals surface area contributed by atoms with Gasteiger partial charge in [0.05, 0.1) is 6.10 Å². The summed E-state index contributed by atoms with van der Waals surface area (Å²) in [5.41, 5.74) is 2.22. The van der Waals surface area contributed by atoms with Crippen LogP contribution in [0.4, 0.5) is 5.69 Å². The molecule has 1 fully saturated rings. The van der Waals surface area contributed by atoms with Gasteiger partial charge in [0.2, 0.25) is 0 Å². The lowest BCUT2D eigenvalue weighted by Gasteiger charge is -2.30. The zero-order valence-corrected chi connectivity index (χ0v) is 12.8. The Morgan fingerprint density at radius 2 is 2.06 bits per heavy atom. The van der Waals surface area contributed by atoms with Gasteiger partial charge >= 0.3 is 0 Å². The molecule has 1 aliphatic carbocycles. The monoisotopic (exact) mass is 311 g/mol. The van der Waals surface area contributed by atoms with Crippen molar-refractivity contribution >= 4 is 21.6 Å². The first-order valence-electron chi connectivity index (χ1n) is 6.87. The van der Waals surface area contributed by atoms with Crippen molar-refractivity contribution in [2.45, 2.75) is 51.7 Å². The molecule has 18 heavy (non-hydrogen) atoms. The lowest BCUT2D eigenvalue weighted by Crippen LogP contribution is -2.32. The number of anilines is 1. The molecular formula is C15H22BrNO. The molecule has 100 valence electrons. The van der Waals surface area contributed by atoms with Gasteiger partial charge in [0, 0.05) is 22.7 Å². The zero-order valence-electron chi connectivity index (χ0n) is 11.2. The van der Waals surface area contributed by atoms with Gasteiger partial charge in [-0.1, -0.05) is 34.8 Å². The maximum absolute atomic E-state index is 9.66. The highest BCUT2D eigenvalue weighted by molar-refractivity contribution is 9.10. The summed E-state index contributed by atoms with van der Waals surface area (Å²) in [6, 6.07) is 7.00. The third-order valence-electron chi connectivity index (χ3n) is 3.87. The fourth-order valence-corrected chi connectivity index (χ4v) is 3.60. The number of rotatable bonds is 4. The van der Waals surface area contributed by atoms with Gasteiger partial charge in [-0.2, -0.15) is 0 Å². The number of nitrogens with zero attached hydrogens (tertiary/aromatic N) is 1. The summed E-state index contributed by atoms with van der Waals surface area (Å²) in [5.74, 6) is 0. The third kappa shape index (κ3) is 2.89. The number of benzene rings is 1. The van der Waals surface area contributed by atoms with E-state index >= 15 is 0 Å². The Balaban J connectivity index is 2.23. The Morgan fingerprint density at radius 1 is 1.39 bits per heavy atom. The van der Waals surface area contributed by atoms with E-state index in [1.165, 1.54) is 31.4 Å². The zero-order chi connectivity index (χ0) is 13.1. The molecule has 1 aromatic rings. The molecule has 0 bridgehead atoms. The van der Waals surface area contributed by atoms with E-state index in [0.29, 0.717) is 6.04 Å². The maximum Gasteiger partial charge on any atom is 0.0772 e. The van der Waals surface area contributed by atoms with Crippen LogP contribution in [0.25, 0.3) is 0 Å². The standard InChI is InChI=1S/C15H22BrNO/c1-3-17(12-6-4-5-7-12)13-8-9-14(11(2)18)15(16)10-13/h8-12,18H,3-7H2,1-2H3/t11-/m0/s1. The molecule has 1 N–H and O–H groups in total. The molecule has 1 aliphatic rings. The van der Waals surface area contributed by atoms with Gasteiger partial charge in [0.15, 0.2) is 0 Å². The van der Waals surface area contributed by atoms with Crippen molar-refractivity contribution in [1.82, 2.24) is 0 Å². The summed E-state index contributed by atoms with van der Waals surface area (Å²) in [6.45, 7) is 5.06. The predicted molar refractivity (Wildman–Crippen MR) is 80.1 cm³/mol. The highest BCUT2D eigenvalue weighted by Gasteiger charge is 2.22. The summed E-state index contributed by atoms with van der Waals surface area (Å²) in [6.07, 6.45) is 4.91. The second kappa shape index (κ2) is 6.07. The predicted octanol–water partition coefficient (Wildman–Crippen LogP) is 4.27. The van der Waals surface area contributed by atoms with Crippen molar-refractivity contribution in [2.24, 2.45) is 0 Å². The van der Waals surface area contributed by atoms with E-state index in [1.807, 2.05) is 6.07 Å². The molecule has 1 atom stereocenters. The van der Waals surface area contributed by atoms with Crippen molar-refractivity contribution in [3.8, 4) is 0 Å². The van der Waals surface area contributed by atoms with Gasteiger partial charge in [-0.15, -0.1) is 0 Å². The van der Waals surface area contributed by atoms with Gasteiger partial charge in [0.1, 0.15) is 0 Å². The van der Waals surface area contributed by atoms with Crippen LogP contribution in [-0.4, -0.2) is 17.7 Å². The average Bonchev–Trinajstić information content (AvgIpc) is 2.83. The lowest BCUT2D eigenvalue weighted by atomic mass is 10.1. The van der Waals surface area contributed by atoms with Crippen molar-refractivity contribution in [2.75, 3.05) is 11.4 Å². The van der Waals surface area contributed by atoms with Crippen molar-refractivity contribution in [1.29, 1.82) is 0 Å². The number of hydrogen-bond acceptors (Lipinski definition) is 2. The third-order valence-corrected chi connectivity index (χ3v) is 4.56. The molecule has 0 radical (unpaired) electrons. The van der Waals surface area contributed by atoms with Gasteiger partial charge < -0.3 is 10.0 Å². The molecule has 1 saturated carbocycles. The van der Waals surface area contributed by atoms with Crippen LogP contribution in [0.1, 0.15) is 51.2 Å². The fraction of sp³-hybridized carbons (Fsp3) is 0.600. The second-order valence-corrected chi connectivity index (χ2v) is 5.96. The summed E-state index contributed by atoms with van der Waals surface area (Å²) in [4.78, 5) is 2.49. The Kier molecular flexibility index (Phi) is 4.68.